The minimum atomic E-state index is -0.707. The van der Waals surface area contributed by atoms with Gasteiger partial charge in [0.25, 0.3) is 0 Å². The molecule has 0 unspecified atom stereocenters. The van der Waals surface area contributed by atoms with Crippen LogP contribution >= 0.6 is 11.6 Å². The van der Waals surface area contributed by atoms with E-state index in [0.717, 1.165) is 28.1 Å². The van der Waals surface area contributed by atoms with Gasteiger partial charge in [-0.15, -0.1) is 0 Å². The van der Waals surface area contributed by atoms with Crippen molar-refractivity contribution >= 4 is 34.4 Å². The van der Waals surface area contributed by atoms with Crippen molar-refractivity contribution in [3.8, 4) is 0 Å². The maximum atomic E-state index is 13.3. The molecule has 1 fully saturated rings. The first-order valence-corrected chi connectivity index (χ1v) is 13.2. The second-order valence-corrected chi connectivity index (χ2v) is 11.3. The Morgan fingerprint density at radius 3 is 2.57 bits per heavy atom. The predicted molar refractivity (Wildman–Crippen MR) is 145 cm³/mol. The third-order valence-corrected chi connectivity index (χ3v) is 7.30. The van der Waals surface area contributed by atoms with Crippen LogP contribution in [-0.2, 0) is 27.2 Å². The van der Waals surface area contributed by atoms with Crippen molar-refractivity contribution < 1.29 is 19.1 Å². The van der Waals surface area contributed by atoms with Gasteiger partial charge in [-0.25, -0.2) is 4.79 Å². The minimum absolute atomic E-state index is 0.0103. The van der Waals surface area contributed by atoms with Crippen LogP contribution in [0.4, 0.5) is 4.79 Å². The number of amides is 2. The number of nitrogens with one attached hydrogen (secondary N) is 1. The Bertz CT molecular complexity index is 1200. The van der Waals surface area contributed by atoms with E-state index >= 15 is 0 Å². The van der Waals surface area contributed by atoms with Gasteiger partial charge in [-0.05, 0) is 75.3 Å². The molecule has 1 aliphatic carbocycles. The van der Waals surface area contributed by atoms with Crippen LogP contribution in [0.2, 0.25) is 0 Å². The van der Waals surface area contributed by atoms with Gasteiger partial charge in [0.2, 0.25) is 5.91 Å². The molecule has 1 aliphatic heterocycles. The van der Waals surface area contributed by atoms with E-state index in [-0.39, 0.29) is 17.6 Å². The normalized spacial score (nSPS) is 19.7. The Labute approximate surface area is 224 Å². The highest BCUT2D eigenvalue weighted by Gasteiger charge is 2.42. The second-order valence-electron chi connectivity index (χ2n) is 10.9. The first-order valence-electron chi connectivity index (χ1n) is 12.9. The molecule has 37 heavy (non-hydrogen) atoms. The summed E-state index contributed by atoms with van der Waals surface area (Å²) >= 11 is 6.28. The lowest BCUT2D eigenvalue weighted by Gasteiger charge is -2.28. The van der Waals surface area contributed by atoms with Gasteiger partial charge in [-0.3, -0.25) is 14.5 Å². The summed E-state index contributed by atoms with van der Waals surface area (Å²) in [5, 5.41) is 3.61. The van der Waals surface area contributed by atoms with Crippen LogP contribution in [0, 0.1) is 0 Å². The molecule has 1 N–H and O–H groups in total. The average molecular weight is 523 g/mol. The Balaban J connectivity index is 1.39. The predicted octanol–water partition coefficient (Wildman–Crippen LogP) is 5.62. The fourth-order valence-electron chi connectivity index (χ4n) is 4.94. The lowest BCUT2D eigenvalue weighted by molar-refractivity contribution is -0.130. The van der Waals surface area contributed by atoms with E-state index in [1.807, 2.05) is 48.5 Å². The van der Waals surface area contributed by atoms with E-state index in [1.165, 1.54) is 10.5 Å². The summed E-state index contributed by atoms with van der Waals surface area (Å²) in [6.07, 6.45) is 3.65. The summed E-state index contributed by atoms with van der Waals surface area (Å²) in [6.45, 7) is 7.49. The van der Waals surface area contributed by atoms with Gasteiger partial charge in [0.1, 0.15) is 11.6 Å². The Hall–Kier alpha value is -3.12. The van der Waals surface area contributed by atoms with Gasteiger partial charge < -0.3 is 10.1 Å². The van der Waals surface area contributed by atoms with E-state index in [2.05, 4.69) is 11.4 Å². The topological polar surface area (TPSA) is 75.7 Å². The number of benzene rings is 2. The molecule has 0 bridgehead atoms. The summed E-state index contributed by atoms with van der Waals surface area (Å²) in [5.41, 5.74) is 3.66. The number of ether oxygens (including phenoxy) is 1. The monoisotopic (exact) mass is 522 g/mol. The maximum absolute atomic E-state index is 13.3. The molecule has 2 amide bonds. The zero-order valence-corrected chi connectivity index (χ0v) is 22.7. The number of carbonyl (C=O) groups excluding carboxylic acids is 3. The third kappa shape index (κ3) is 6.61. The molecule has 1 saturated heterocycles. The molecule has 2 aromatic carbocycles. The quantitative estimate of drug-likeness (QED) is 0.512. The zero-order chi connectivity index (χ0) is 26.7. The van der Waals surface area contributed by atoms with Gasteiger partial charge >= 0.3 is 6.09 Å². The standard InChI is InChI=1S/C30H35ClN2O4/c1-19(27(34)15-11-20-10-12-22-13-14-25(31)24(22)16-20)32-28(35)26-17-23(21-8-6-5-7-9-21)18-33(26)29(36)37-30(2,3)4/h5-10,12,14,16,19,23,26H,11,13,15,17-18H2,1-4H3,(H,32,35)/t19-,23-,26+/m0/s1. The van der Waals surface area contributed by atoms with Crippen molar-refractivity contribution in [2.75, 3.05) is 6.54 Å². The molecular weight excluding hydrogens is 488 g/mol. The number of halogens is 1. The van der Waals surface area contributed by atoms with Crippen molar-refractivity contribution in [1.29, 1.82) is 0 Å². The molecule has 6 nitrogen and oxygen atoms in total. The molecule has 2 aromatic rings. The number of rotatable bonds is 7. The fraction of sp³-hybridized carbons (Fsp3) is 0.433. The van der Waals surface area contributed by atoms with E-state index in [9.17, 15) is 14.4 Å². The number of allylic oxidation sites excluding steroid dienone is 1. The number of hydrogen-bond donors (Lipinski definition) is 1. The van der Waals surface area contributed by atoms with Gasteiger partial charge in [0, 0.05) is 23.9 Å². The number of ketones is 1. The largest absolute Gasteiger partial charge is 0.444 e. The van der Waals surface area contributed by atoms with Crippen LogP contribution in [0.5, 0.6) is 0 Å². The zero-order valence-electron chi connectivity index (χ0n) is 21.9. The second kappa shape index (κ2) is 11.1. The van der Waals surface area contributed by atoms with Gasteiger partial charge in [0.05, 0.1) is 6.04 Å². The van der Waals surface area contributed by atoms with Crippen molar-refractivity contribution in [1.82, 2.24) is 10.2 Å². The van der Waals surface area contributed by atoms with E-state index < -0.39 is 23.8 Å². The smallest absolute Gasteiger partial charge is 0.410 e. The highest BCUT2D eigenvalue weighted by molar-refractivity contribution is 6.49. The SMILES string of the molecule is C[C@H](NC(=O)[C@H]1C[C@H](c2ccccc2)CN1C(=O)OC(C)(C)C)C(=O)CCc1ccc2c(c1)C(Cl)=CC2. The first-order chi connectivity index (χ1) is 17.5. The molecule has 0 saturated carbocycles. The number of likely N-dealkylation sites (tertiary alicyclic amines) is 1. The van der Waals surface area contributed by atoms with E-state index in [1.54, 1.807) is 27.7 Å². The Kier molecular flexibility index (Phi) is 8.08. The van der Waals surface area contributed by atoms with Crippen molar-refractivity contribution in [3.05, 3.63) is 76.9 Å². The van der Waals surface area contributed by atoms with Crippen LogP contribution < -0.4 is 5.32 Å². The summed E-state index contributed by atoms with van der Waals surface area (Å²) in [7, 11) is 0. The molecule has 2 aliphatic rings. The Morgan fingerprint density at radius 1 is 1.14 bits per heavy atom. The van der Waals surface area contributed by atoms with Gasteiger partial charge in [-0.2, -0.15) is 0 Å². The van der Waals surface area contributed by atoms with Crippen LogP contribution in [0.15, 0.2) is 54.6 Å². The average Bonchev–Trinajstić information content (AvgIpc) is 3.46. The fourth-order valence-corrected chi connectivity index (χ4v) is 5.19. The lowest BCUT2D eigenvalue weighted by atomic mass is 9.96. The van der Waals surface area contributed by atoms with E-state index in [0.29, 0.717) is 25.8 Å². The minimum Gasteiger partial charge on any atom is -0.444 e. The summed E-state index contributed by atoms with van der Waals surface area (Å²) in [6, 6.07) is 14.6. The molecular formula is C30H35ClN2O4. The molecule has 7 heteroatoms. The maximum Gasteiger partial charge on any atom is 0.410 e. The molecule has 0 aromatic heterocycles. The summed E-state index contributed by atoms with van der Waals surface area (Å²) < 4.78 is 5.59. The first kappa shape index (κ1) is 26.9. The number of Topliss-reactive ketones (excluding diaryl/α,β-unsaturated/α-hetero) is 1. The van der Waals surface area contributed by atoms with Gasteiger partial charge in [-0.1, -0.05) is 60.1 Å². The third-order valence-electron chi connectivity index (χ3n) is 6.94. The molecule has 0 spiro atoms. The number of hydrogen-bond acceptors (Lipinski definition) is 4. The molecule has 1 heterocycles. The summed E-state index contributed by atoms with van der Waals surface area (Å²) in [5.74, 6) is -0.382. The van der Waals surface area contributed by atoms with Crippen LogP contribution in [0.1, 0.15) is 68.7 Å². The van der Waals surface area contributed by atoms with Gasteiger partial charge in [0.15, 0.2) is 5.78 Å². The van der Waals surface area contributed by atoms with Crippen LogP contribution in [0.3, 0.4) is 0 Å². The van der Waals surface area contributed by atoms with Crippen molar-refractivity contribution in [2.45, 2.75) is 77.0 Å². The highest BCUT2D eigenvalue weighted by Crippen LogP contribution is 2.33. The number of fused-ring (bicyclic) bond motifs is 1. The van der Waals surface area contributed by atoms with Crippen molar-refractivity contribution in [2.24, 2.45) is 0 Å². The molecule has 0 radical (unpaired) electrons. The lowest BCUT2D eigenvalue weighted by Crippen LogP contribution is -2.50. The molecule has 196 valence electrons. The number of nitrogens with zero attached hydrogens (tertiary/aromatic N) is 1. The number of carbonyl (C=O) groups is 3. The van der Waals surface area contributed by atoms with Crippen LogP contribution in [0.25, 0.3) is 5.03 Å². The summed E-state index contributed by atoms with van der Waals surface area (Å²) in [4.78, 5) is 40.7. The van der Waals surface area contributed by atoms with Crippen molar-refractivity contribution in [3.63, 3.8) is 0 Å². The van der Waals surface area contributed by atoms with Crippen LogP contribution in [-0.4, -0.2) is 46.9 Å². The highest BCUT2D eigenvalue weighted by atomic mass is 35.5. The Morgan fingerprint density at radius 2 is 1.86 bits per heavy atom. The molecule has 3 atom stereocenters. The number of aryl methyl sites for hydroxylation is 1. The molecule has 4 rings (SSSR count). The van der Waals surface area contributed by atoms with E-state index in [4.69, 9.17) is 16.3 Å².